The fourth-order valence-corrected chi connectivity index (χ4v) is 4.53. The van der Waals surface area contributed by atoms with Crippen LogP contribution in [0.25, 0.3) is 11.1 Å². The van der Waals surface area contributed by atoms with E-state index in [1.165, 1.54) is 0 Å². The van der Waals surface area contributed by atoms with Gasteiger partial charge < -0.3 is 14.8 Å². The number of carbonyl (C=O) groups excluding carboxylic acids is 1. The maximum atomic E-state index is 13.2. The molecule has 1 N–H and O–H groups in total. The summed E-state index contributed by atoms with van der Waals surface area (Å²) in [6, 6.07) is 12.2. The van der Waals surface area contributed by atoms with E-state index in [1.807, 2.05) is 60.6 Å². The molecule has 0 saturated carbocycles. The highest BCUT2D eigenvalue weighted by atomic mass is 16.2. The molecule has 0 unspecified atom stereocenters. The van der Waals surface area contributed by atoms with Crippen molar-refractivity contribution < 1.29 is 4.79 Å². The maximum absolute atomic E-state index is 13.2. The third kappa shape index (κ3) is 3.27. The number of nitrogens with zero attached hydrogens (tertiary/aromatic N) is 2. The second-order valence-electron chi connectivity index (χ2n) is 8.21. The van der Waals surface area contributed by atoms with Gasteiger partial charge in [0.15, 0.2) is 0 Å². The Balaban J connectivity index is 1.67. The molecule has 27 heavy (non-hydrogen) atoms. The number of fused-ring (bicyclic) bond motifs is 4. The molecule has 1 aromatic carbocycles. The number of piperidine rings is 1. The zero-order valence-corrected chi connectivity index (χ0v) is 16.2. The SMILES string of the molecule is Cc1ccccc1-c1ccc2n(c1=O)C[C@@H]1C[C@@H]2CN(C(=O)NC(C)C)C1. The number of hydrogen-bond donors (Lipinski definition) is 1. The largest absolute Gasteiger partial charge is 0.336 e. The lowest BCUT2D eigenvalue weighted by Gasteiger charge is -2.43. The lowest BCUT2D eigenvalue weighted by Crippen LogP contribution is -2.52. The topological polar surface area (TPSA) is 54.3 Å². The lowest BCUT2D eigenvalue weighted by atomic mass is 9.83. The van der Waals surface area contributed by atoms with Crippen LogP contribution in [0.2, 0.25) is 0 Å². The van der Waals surface area contributed by atoms with Crippen molar-refractivity contribution in [2.45, 2.75) is 45.7 Å². The van der Waals surface area contributed by atoms with E-state index in [-0.39, 0.29) is 23.6 Å². The van der Waals surface area contributed by atoms with Gasteiger partial charge >= 0.3 is 6.03 Å². The molecule has 142 valence electrons. The van der Waals surface area contributed by atoms with E-state index in [4.69, 9.17) is 0 Å². The van der Waals surface area contributed by atoms with Crippen molar-refractivity contribution in [2.75, 3.05) is 13.1 Å². The molecule has 0 spiro atoms. The van der Waals surface area contributed by atoms with Gasteiger partial charge in [0, 0.05) is 42.9 Å². The van der Waals surface area contributed by atoms with E-state index >= 15 is 0 Å². The summed E-state index contributed by atoms with van der Waals surface area (Å²) in [5.41, 5.74) is 4.05. The van der Waals surface area contributed by atoms with Crippen molar-refractivity contribution >= 4 is 6.03 Å². The Bertz CT molecular complexity index is 931. The minimum atomic E-state index is 0.00651. The zero-order valence-electron chi connectivity index (χ0n) is 16.2. The first-order chi connectivity index (χ1) is 12.9. The highest BCUT2D eigenvalue weighted by Crippen LogP contribution is 2.36. The van der Waals surface area contributed by atoms with Gasteiger partial charge in [0.05, 0.1) is 0 Å². The average molecular weight is 365 g/mol. The molecule has 5 nitrogen and oxygen atoms in total. The van der Waals surface area contributed by atoms with Gasteiger partial charge in [0.1, 0.15) is 0 Å². The molecule has 2 aliphatic rings. The Morgan fingerprint density at radius 2 is 1.85 bits per heavy atom. The predicted molar refractivity (Wildman–Crippen MR) is 107 cm³/mol. The average Bonchev–Trinajstić information content (AvgIpc) is 2.63. The van der Waals surface area contributed by atoms with Gasteiger partial charge in [-0.15, -0.1) is 0 Å². The Morgan fingerprint density at radius 3 is 2.59 bits per heavy atom. The first-order valence-corrected chi connectivity index (χ1v) is 9.79. The number of aromatic nitrogens is 1. The van der Waals surface area contributed by atoms with Crippen LogP contribution in [0.3, 0.4) is 0 Å². The Kier molecular flexibility index (Phi) is 4.54. The minimum Gasteiger partial charge on any atom is -0.336 e. The van der Waals surface area contributed by atoms with Gasteiger partial charge in [-0.3, -0.25) is 4.79 Å². The van der Waals surface area contributed by atoms with Crippen molar-refractivity contribution in [2.24, 2.45) is 5.92 Å². The number of benzene rings is 1. The molecule has 0 aliphatic carbocycles. The normalized spacial score (nSPS) is 21.1. The van der Waals surface area contributed by atoms with E-state index in [0.29, 0.717) is 19.0 Å². The lowest BCUT2D eigenvalue weighted by molar-refractivity contribution is 0.130. The number of aryl methyl sites for hydroxylation is 1. The van der Waals surface area contributed by atoms with Crippen LogP contribution >= 0.6 is 0 Å². The molecule has 1 saturated heterocycles. The van der Waals surface area contributed by atoms with Crippen molar-refractivity contribution in [3.05, 3.63) is 58.0 Å². The fraction of sp³-hybridized carbons (Fsp3) is 0.455. The predicted octanol–water partition coefficient (Wildman–Crippen LogP) is 3.36. The molecule has 3 heterocycles. The summed E-state index contributed by atoms with van der Waals surface area (Å²) in [5, 5.41) is 2.99. The number of likely N-dealkylation sites (tertiary alicyclic amines) is 1. The van der Waals surface area contributed by atoms with Crippen LogP contribution in [0.1, 0.15) is 37.4 Å². The van der Waals surface area contributed by atoms with Crippen molar-refractivity contribution in [1.29, 1.82) is 0 Å². The van der Waals surface area contributed by atoms with Crippen LogP contribution in [0.5, 0.6) is 0 Å². The fourth-order valence-electron chi connectivity index (χ4n) is 4.53. The van der Waals surface area contributed by atoms with Crippen molar-refractivity contribution in [3.8, 4) is 11.1 Å². The molecule has 2 aliphatic heterocycles. The van der Waals surface area contributed by atoms with Gasteiger partial charge in [-0.1, -0.05) is 24.3 Å². The summed E-state index contributed by atoms with van der Waals surface area (Å²) >= 11 is 0. The number of hydrogen-bond acceptors (Lipinski definition) is 2. The number of rotatable bonds is 2. The summed E-state index contributed by atoms with van der Waals surface area (Å²) in [5.74, 6) is 0.563. The second kappa shape index (κ2) is 6.87. The van der Waals surface area contributed by atoms with Crippen LogP contribution < -0.4 is 10.9 Å². The zero-order chi connectivity index (χ0) is 19.1. The van der Waals surface area contributed by atoms with Gasteiger partial charge in [0.2, 0.25) is 0 Å². The molecule has 4 rings (SSSR count). The summed E-state index contributed by atoms with van der Waals surface area (Å²) in [6.45, 7) is 8.08. The summed E-state index contributed by atoms with van der Waals surface area (Å²) in [7, 11) is 0. The van der Waals surface area contributed by atoms with Gasteiger partial charge in [-0.25, -0.2) is 4.79 Å². The molecular formula is C22H27N3O2. The number of pyridine rings is 1. The van der Waals surface area contributed by atoms with Crippen molar-refractivity contribution in [3.63, 3.8) is 0 Å². The van der Waals surface area contributed by atoms with E-state index in [9.17, 15) is 9.59 Å². The first kappa shape index (κ1) is 17.8. The van der Waals surface area contributed by atoms with Crippen LogP contribution in [-0.2, 0) is 6.54 Å². The smallest absolute Gasteiger partial charge is 0.317 e. The Morgan fingerprint density at radius 1 is 1.07 bits per heavy atom. The van der Waals surface area contributed by atoms with Crippen LogP contribution in [0.15, 0.2) is 41.2 Å². The monoisotopic (exact) mass is 365 g/mol. The molecule has 2 amide bonds. The van der Waals surface area contributed by atoms with E-state index in [1.54, 1.807) is 0 Å². The van der Waals surface area contributed by atoms with Gasteiger partial charge in [-0.05, 0) is 56.4 Å². The molecule has 2 aromatic rings. The summed E-state index contributed by atoms with van der Waals surface area (Å²) in [6.07, 6.45) is 1.05. The quantitative estimate of drug-likeness (QED) is 0.887. The number of carbonyl (C=O) groups is 1. The van der Waals surface area contributed by atoms with Gasteiger partial charge in [-0.2, -0.15) is 0 Å². The second-order valence-corrected chi connectivity index (χ2v) is 8.21. The van der Waals surface area contributed by atoms with Crippen LogP contribution in [-0.4, -0.2) is 34.6 Å². The van der Waals surface area contributed by atoms with Crippen LogP contribution in [0.4, 0.5) is 4.79 Å². The van der Waals surface area contributed by atoms with E-state index in [0.717, 1.165) is 35.3 Å². The third-order valence-corrected chi connectivity index (χ3v) is 5.74. The molecule has 2 atom stereocenters. The van der Waals surface area contributed by atoms with Gasteiger partial charge in [0.25, 0.3) is 5.56 Å². The minimum absolute atomic E-state index is 0.00651. The molecule has 1 fully saturated rings. The summed E-state index contributed by atoms with van der Waals surface area (Å²) in [4.78, 5) is 27.6. The van der Waals surface area contributed by atoms with Crippen LogP contribution in [0, 0.1) is 12.8 Å². The van der Waals surface area contributed by atoms with Crippen molar-refractivity contribution in [1.82, 2.24) is 14.8 Å². The highest BCUT2D eigenvalue weighted by Gasteiger charge is 2.36. The number of amides is 2. The molecule has 1 aromatic heterocycles. The number of nitrogens with one attached hydrogen (secondary N) is 1. The molecule has 0 radical (unpaired) electrons. The third-order valence-electron chi connectivity index (χ3n) is 5.74. The molecule has 5 heteroatoms. The van der Waals surface area contributed by atoms with E-state index < -0.39 is 0 Å². The molecular weight excluding hydrogens is 338 g/mol. The molecule has 2 bridgehead atoms. The van der Waals surface area contributed by atoms with E-state index in [2.05, 4.69) is 11.4 Å². The number of urea groups is 1. The standard InChI is InChI=1S/C22H27N3O2/c1-14(2)23-22(27)24-11-16-10-17(13-24)20-9-8-19(21(26)25(20)12-16)18-7-5-4-6-15(18)3/h4-9,14,16-17H,10-13H2,1-3H3,(H,23,27)/t16-,17-/m1/s1. The Hall–Kier alpha value is -2.56. The highest BCUT2D eigenvalue weighted by molar-refractivity contribution is 5.74. The summed E-state index contributed by atoms with van der Waals surface area (Å²) < 4.78 is 1.96. The first-order valence-electron chi connectivity index (χ1n) is 9.79. The Labute approximate surface area is 160 Å². The maximum Gasteiger partial charge on any atom is 0.317 e.